The summed E-state index contributed by atoms with van der Waals surface area (Å²) in [5.74, 6) is 0. The Labute approximate surface area is 128 Å². The van der Waals surface area contributed by atoms with E-state index in [1.807, 2.05) is 0 Å². The van der Waals surface area contributed by atoms with E-state index in [2.05, 4.69) is 23.6 Å². The second-order valence-electron chi connectivity index (χ2n) is 5.62. The molecule has 0 aliphatic rings. The normalized spacial score (nSPS) is 10.5. The summed E-state index contributed by atoms with van der Waals surface area (Å²) in [6.45, 7) is 2.26. The summed E-state index contributed by atoms with van der Waals surface area (Å²) in [5.41, 5.74) is 8.15. The van der Waals surface area contributed by atoms with Gasteiger partial charge in [-0.05, 0) is 6.04 Å². The average molecular weight is 287 g/mol. The Kier molecular flexibility index (Phi) is 12.2. The molecule has 0 rings (SSSR count). The Morgan fingerprint density at radius 1 is 0.600 bits per heavy atom. The summed E-state index contributed by atoms with van der Waals surface area (Å²) in [4.78, 5) is 0. The Morgan fingerprint density at radius 3 is 1.30 bits per heavy atom. The van der Waals surface area contributed by atoms with E-state index in [1.165, 1.54) is 64.2 Å². The standard InChI is InChI=1S/C19H30Si/c1-5-9-10-11-12-13-14-15-16-17-18-19-20(6-2,7-3)8-4/h2-4H,5,9-19H2,1H3. The Bertz CT molecular complexity index is 311. The first-order valence-corrected chi connectivity index (χ1v) is 10.4. The SMILES string of the molecule is C#C[Si](C#C)(C#C)CCCCCCCCCCCCC. The van der Waals surface area contributed by atoms with E-state index < -0.39 is 8.07 Å². The molecule has 0 fully saturated rings. The van der Waals surface area contributed by atoms with Crippen LogP contribution in [0.25, 0.3) is 0 Å². The van der Waals surface area contributed by atoms with Gasteiger partial charge < -0.3 is 0 Å². The lowest BCUT2D eigenvalue weighted by atomic mass is 10.1. The van der Waals surface area contributed by atoms with Gasteiger partial charge in [-0.3, -0.25) is 0 Å². The third-order valence-electron chi connectivity index (χ3n) is 3.89. The van der Waals surface area contributed by atoms with Gasteiger partial charge in [0.05, 0.1) is 0 Å². The molecule has 0 aromatic carbocycles. The molecule has 0 radical (unpaired) electrons. The summed E-state index contributed by atoms with van der Waals surface area (Å²) < 4.78 is 0. The maximum absolute atomic E-state index is 5.49. The largest absolute Gasteiger partial charge is 0.289 e. The number of rotatable bonds is 12. The zero-order chi connectivity index (χ0) is 15.1. The van der Waals surface area contributed by atoms with Crippen molar-refractivity contribution in [3.05, 3.63) is 0 Å². The molecule has 0 saturated heterocycles. The minimum atomic E-state index is -2.23. The molecule has 0 amide bonds. The molecule has 0 atom stereocenters. The van der Waals surface area contributed by atoms with Crippen LogP contribution in [0.5, 0.6) is 0 Å². The first kappa shape index (κ1) is 18.9. The highest BCUT2D eigenvalue weighted by Crippen LogP contribution is 2.15. The number of unbranched alkanes of at least 4 members (excludes halogenated alkanes) is 10. The molecule has 1 heteroatoms. The van der Waals surface area contributed by atoms with Crippen LogP contribution in [-0.2, 0) is 0 Å². The average Bonchev–Trinajstić information content (AvgIpc) is 2.49. The topological polar surface area (TPSA) is 0 Å². The van der Waals surface area contributed by atoms with Gasteiger partial charge in [-0.1, -0.05) is 77.6 Å². The van der Waals surface area contributed by atoms with E-state index in [0.717, 1.165) is 12.5 Å². The number of hydrogen-bond acceptors (Lipinski definition) is 0. The molecule has 0 saturated carbocycles. The van der Waals surface area contributed by atoms with E-state index in [9.17, 15) is 0 Å². The second kappa shape index (κ2) is 12.9. The fourth-order valence-corrected chi connectivity index (χ4v) is 3.86. The lowest BCUT2D eigenvalue weighted by Gasteiger charge is -2.11. The third-order valence-corrected chi connectivity index (χ3v) is 6.48. The lowest BCUT2D eigenvalue weighted by molar-refractivity contribution is 0.554. The highest BCUT2D eigenvalue weighted by atomic mass is 28.3. The minimum Gasteiger partial charge on any atom is -0.125 e. The van der Waals surface area contributed by atoms with E-state index in [0.29, 0.717) is 0 Å². The van der Waals surface area contributed by atoms with Gasteiger partial charge >= 0.3 is 0 Å². The van der Waals surface area contributed by atoms with Crippen LogP contribution >= 0.6 is 0 Å². The highest BCUT2D eigenvalue weighted by molar-refractivity contribution is 7.00. The summed E-state index contributed by atoms with van der Waals surface area (Å²) in [6, 6.07) is 0.896. The van der Waals surface area contributed by atoms with Gasteiger partial charge in [0.15, 0.2) is 0 Å². The van der Waals surface area contributed by atoms with Gasteiger partial charge in [0.1, 0.15) is 0 Å². The zero-order valence-electron chi connectivity index (χ0n) is 13.2. The van der Waals surface area contributed by atoms with Crippen molar-refractivity contribution >= 4 is 8.07 Å². The molecule has 0 nitrogen and oxygen atoms in total. The highest BCUT2D eigenvalue weighted by Gasteiger charge is 2.25. The van der Waals surface area contributed by atoms with Crippen LogP contribution in [0, 0.1) is 35.9 Å². The summed E-state index contributed by atoms with van der Waals surface area (Å²) in [5, 5.41) is 0. The maximum atomic E-state index is 5.49. The fourth-order valence-electron chi connectivity index (χ4n) is 2.40. The molecule has 0 bridgehead atoms. The third kappa shape index (κ3) is 8.91. The van der Waals surface area contributed by atoms with Crippen molar-refractivity contribution in [2.24, 2.45) is 0 Å². The van der Waals surface area contributed by atoms with Gasteiger partial charge in [0, 0.05) is 0 Å². The van der Waals surface area contributed by atoms with Crippen molar-refractivity contribution in [2.45, 2.75) is 83.6 Å². The quantitative estimate of drug-likeness (QED) is 0.261. The summed E-state index contributed by atoms with van der Waals surface area (Å²) in [7, 11) is -2.23. The van der Waals surface area contributed by atoms with Gasteiger partial charge in [0.25, 0.3) is 8.07 Å². The van der Waals surface area contributed by atoms with Gasteiger partial charge in [0.2, 0.25) is 0 Å². The van der Waals surface area contributed by atoms with Crippen LogP contribution in [0.1, 0.15) is 77.6 Å². The smallest absolute Gasteiger partial charge is 0.125 e. The lowest BCUT2D eigenvalue weighted by Crippen LogP contribution is -2.29. The molecular weight excluding hydrogens is 256 g/mol. The summed E-state index contributed by atoms with van der Waals surface area (Å²) >= 11 is 0. The molecule has 0 aromatic heterocycles. The molecular formula is C19H30Si. The first-order chi connectivity index (χ1) is 9.74. The Morgan fingerprint density at radius 2 is 0.950 bits per heavy atom. The molecule has 20 heavy (non-hydrogen) atoms. The van der Waals surface area contributed by atoms with E-state index in [1.54, 1.807) is 0 Å². The molecule has 0 spiro atoms. The molecule has 0 unspecified atom stereocenters. The number of terminal acetylenes is 3. The van der Waals surface area contributed by atoms with Crippen molar-refractivity contribution in [2.75, 3.05) is 0 Å². The predicted octanol–water partition coefficient (Wildman–Crippen LogP) is 5.26. The Balaban J connectivity index is 3.40. The van der Waals surface area contributed by atoms with Crippen LogP contribution in [-0.4, -0.2) is 8.07 Å². The molecule has 0 N–H and O–H groups in total. The van der Waals surface area contributed by atoms with Crippen molar-refractivity contribution in [1.29, 1.82) is 0 Å². The molecule has 0 heterocycles. The van der Waals surface area contributed by atoms with Crippen LogP contribution in [0.3, 0.4) is 0 Å². The molecule has 0 aliphatic heterocycles. The predicted molar refractivity (Wildman–Crippen MR) is 93.5 cm³/mol. The van der Waals surface area contributed by atoms with Crippen molar-refractivity contribution in [1.82, 2.24) is 0 Å². The van der Waals surface area contributed by atoms with E-state index in [4.69, 9.17) is 19.3 Å². The Hall–Kier alpha value is -1.10. The molecule has 0 aromatic rings. The van der Waals surface area contributed by atoms with Crippen molar-refractivity contribution < 1.29 is 0 Å². The molecule has 110 valence electrons. The van der Waals surface area contributed by atoms with E-state index in [-0.39, 0.29) is 0 Å². The van der Waals surface area contributed by atoms with Gasteiger partial charge in [-0.2, -0.15) is 0 Å². The van der Waals surface area contributed by atoms with Crippen LogP contribution in [0.15, 0.2) is 0 Å². The zero-order valence-corrected chi connectivity index (χ0v) is 14.2. The van der Waals surface area contributed by atoms with Crippen LogP contribution in [0.2, 0.25) is 6.04 Å². The van der Waals surface area contributed by atoms with Crippen LogP contribution < -0.4 is 0 Å². The second-order valence-corrected chi connectivity index (χ2v) is 8.80. The summed E-state index contributed by atoms with van der Waals surface area (Å²) in [6.07, 6.45) is 31.1. The van der Waals surface area contributed by atoms with Gasteiger partial charge in [-0.25, -0.2) is 0 Å². The molecule has 0 aliphatic carbocycles. The van der Waals surface area contributed by atoms with Crippen molar-refractivity contribution in [3.8, 4) is 35.9 Å². The van der Waals surface area contributed by atoms with E-state index >= 15 is 0 Å². The maximum Gasteiger partial charge on any atom is 0.289 e. The fraction of sp³-hybridized carbons (Fsp3) is 0.684. The van der Waals surface area contributed by atoms with Crippen LogP contribution in [0.4, 0.5) is 0 Å². The minimum absolute atomic E-state index is 0.896. The monoisotopic (exact) mass is 286 g/mol. The first-order valence-electron chi connectivity index (χ1n) is 8.18. The van der Waals surface area contributed by atoms with Crippen molar-refractivity contribution in [3.63, 3.8) is 0 Å². The van der Waals surface area contributed by atoms with Gasteiger partial charge in [-0.15, -0.1) is 35.9 Å². The number of hydrogen-bond donors (Lipinski definition) is 0.